The number of amides is 1. The number of aromatic amines is 1. The first-order valence-corrected chi connectivity index (χ1v) is 7.70. The fraction of sp³-hybridized carbons (Fsp3) is 0. The van der Waals surface area contributed by atoms with Crippen molar-refractivity contribution in [1.29, 1.82) is 0 Å². The van der Waals surface area contributed by atoms with Gasteiger partial charge in [0.25, 0.3) is 5.91 Å². The summed E-state index contributed by atoms with van der Waals surface area (Å²) in [5.41, 5.74) is 2.24. The fourth-order valence-electron chi connectivity index (χ4n) is 1.88. The number of benzene rings is 2. The van der Waals surface area contributed by atoms with Crippen molar-refractivity contribution in [3.05, 3.63) is 56.2 Å². The number of hydrogen-bond acceptors (Lipinski definition) is 2. The summed E-state index contributed by atoms with van der Waals surface area (Å²) in [6.07, 6.45) is 1.75. The van der Waals surface area contributed by atoms with Crippen LogP contribution in [0.5, 0.6) is 0 Å². The van der Waals surface area contributed by atoms with Crippen molar-refractivity contribution in [1.82, 2.24) is 10.2 Å². The van der Waals surface area contributed by atoms with Crippen LogP contribution in [0.3, 0.4) is 0 Å². The minimum atomic E-state index is -0.144. The highest BCUT2D eigenvalue weighted by Gasteiger charge is 2.11. The van der Waals surface area contributed by atoms with Crippen LogP contribution in [0.25, 0.3) is 10.9 Å². The molecule has 0 aliphatic carbocycles. The molecular formula is C14H9BrIN3O. The van der Waals surface area contributed by atoms with E-state index in [-0.39, 0.29) is 5.91 Å². The SMILES string of the molecule is O=C(Nc1ccc2cn[nH]c2c1)c1cc(I)ccc1Br. The smallest absolute Gasteiger partial charge is 0.256 e. The number of halogens is 2. The molecule has 3 rings (SSSR count). The van der Waals surface area contributed by atoms with Crippen molar-refractivity contribution in [2.45, 2.75) is 0 Å². The van der Waals surface area contributed by atoms with Gasteiger partial charge in [-0.3, -0.25) is 9.89 Å². The second-order valence-corrected chi connectivity index (χ2v) is 6.35. The summed E-state index contributed by atoms with van der Waals surface area (Å²) in [7, 11) is 0. The van der Waals surface area contributed by atoms with Crippen LogP contribution in [0, 0.1) is 3.57 Å². The van der Waals surface area contributed by atoms with Gasteiger partial charge in [-0.2, -0.15) is 5.10 Å². The largest absolute Gasteiger partial charge is 0.322 e. The van der Waals surface area contributed by atoms with Gasteiger partial charge in [0.05, 0.1) is 17.3 Å². The molecule has 0 saturated carbocycles. The first-order chi connectivity index (χ1) is 9.63. The molecule has 0 aliphatic rings. The van der Waals surface area contributed by atoms with Gasteiger partial charge in [-0.05, 0) is 74.9 Å². The van der Waals surface area contributed by atoms with Gasteiger partial charge >= 0.3 is 0 Å². The second-order valence-electron chi connectivity index (χ2n) is 4.25. The molecule has 0 saturated heterocycles. The summed E-state index contributed by atoms with van der Waals surface area (Å²) in [6.45, 7) is 0. The summed E-state index contributed by atoms with van der Waals surface area (Å²) in [4.78, 5) is 12.3. The van der Waals surface area contributed by atoms with Gasteiger partial charge in [-0.15, -0.1) is 0 Å². The van der Waals surface area contributed by atoms with Crippen LogP contribution in [0.15, 0.2) is 47.1 Å². The number of fused-ring (bicyclic) bond motifs is 1. The molecule has 0 bridgehead atoms. The standard InChI is InChI=1S/C14H9BrIN3O/c15-12-4-2-9(16)5-11(12)14(20)18-10-3-1-8-7-17-19-13(8)6-10/h1-7H,(H,17,19)(H,18,20). The lowest BCUT2D eigenvalue weighted by atomic mass is 10.2. The summed E-state index contributed by atoms with van der Waals surface area (Å²) in [6, 6.07) is 11.3. The second kappa shape index (κ2) is 5.53. The summed E-state index contributed by atoms with van der Waals surface area (Å²) in [5.74, 6) is -0.144. The Morgan fingerprint density at radius 1 is 1.25 bits per heavy atom. The van der Waals surface area contributed by atoms with Gasteiger partial charge in [0.2, 0.25) is 0 Å². The summed E-state index contributed by atoms with van der Waals surface area (Å²) >= 11 is 5.58. The lowest BCUT2D eigenvalue weighted by molar-refractivity contribution is 0.102. The summed E-state index contributed by atoms with van der Waals surface area (Å²) < 4.78 is 1.79. The van der Waals surface area contributed by atoms with Crippen LogP contribution in [-0.2, 0) is 0 Å². The lowest BCUT2D eigenvalue weighted by Gasteiger charge is -2.07. The Labute approximate surface area is 137 Å². The Balaban J connectivity index is 1.89. The van der Waals surface area contributed by atoms with Crippen molar-refractivity contribution < 1.29 is 4.79 Å². The molecule has 4 nitrogen and oxygen atoms in total. The Morgan fingerprint density at radius 2 is 2.10 bits per heavy atom. The van der Waals surface area contributed by atoms with E-state index in [0.29, 0.717) is 5.56 Å². The zero-order valence-corrected chi connectivity index (χ0v) is 13.9. The molecule has 0 spiro atoms. The molecule has 100 valence electrons. The first kappa shape index (κ1) is 13.6. The molecule has 3 aromatic rings. The molecule has 20 heavy (non-hydrogen) atoms. The average molecular weight is 442 g/mol. The van der Waals surface area contributed by atoms with E-state index >= 15 is 0 Å². The molecule has 2 N–H and O–H groups in total. The van der Waals surface area contributed by atoms with E-state index in [1.807, 2.05) is 36.4 Å². The highest BCUT2D eigenvalue weighted by Crippen LogP contribution is 2.22. The number of anilines is 1. The number of rotatable bonds is 2. The third-order valence-electron chi connectivity index (χ3n) is 2.87. The van der Waals surface area contributed by atoms with E-state index in [0.717, 1.165) is 24.6 Å². The van der Waals surface area contributed by atoms with Gasteiger partial charge < -0.3 is 5.32 Å². The number of carbonyl (C=O) groups is 1. The first-order valence-electron chi connectivity index (χ1n) is 5.83. The Bertz CT molecular complexity index is 800. The van der Waals surface area contributed by atoms with Crippen molar-refractivity contribution in [2.75, 3.05) is 5.32 Å². The lowest BCUT2D eigenvalue weighted by Crippen LogP contribution is -2.12. The zero-order valence-electron chi connectivity index (χ0n) is 10.2. The molecule has 0 unspecified atom stereocenters. The molecule has 0 aliphatic heterocycles. The minimum absolute atomic E-state index is 0.144. The zero-order chi connectivity index (χ0) is 14.1. The van der Waals surface area contributed by atoms with Crippen LogP contribution in [-0.4, -0.2) is 16.1 Å². The molecule has 1 amide bonds. The van der Waals surface area contributed by atoms with E-state index in [4.69, 9.17) is 0 Å². The number of nitrogens with zero attached hydrogens (tertiary/aromatic N) is 1. The van der Waals surface area contributed by atoms with Gasteiger partial charge in [-0.25, -0.2) is 0 Å². The maximum Gasteiger partial charge on any atom is 0.256 e. The minimum Gasteiger partial charge on any atom is -0.322 e. The predicted molar refractivity (Wildman–Crippen MR) is 90.9 cm³/mol. The summed E-state index contributed by atoms with van der Waals surface area (Å²) in [5, 5.41) is 10.7. The van der Waals surface area contributed by atoms with E-state index in [9.17, 15) is 4.79 Å². The van der Waals surface area contributed by atoms with Crippen LogP contribution < -0.4 is 5.32 Å². The van der Waals surface area contributed by atoms with Crippen LogP contribution in [0.1, 0.15) is 10.4 Å². The molecule has 0 fully saturated rings. The van der Waals surface area contributed by atoms with Crippen molar-refractivity contribution in [2.24, 2.45) is 0 Å². The Morgan fingerprint density at radius 3 is 2.95 bits per heavy atom. The molecule has 6 heteroatoms. The van der Waals surface area contributed by atoms with Crippen molar-refractivity contribution >= 4 is 61.0 Å². The quantitative estimate of drug-likeness (QED) is 0.586. The molecule has 1 aromatic heterocycles. The Kier molecular flexibility index (Phi) is 3.75. The molecule has 1 heterocycles. The topological polar surface area (TPSA) is 57.8 Å². The fourth-order valence-corrected chi connectivity index (χ4v) is 2.80. The number of hydrogen-bond donors (Lipinski definition) is 2. The normalized spacial score (nSPS) is 10.7. The van der Waals surface area contributed by atoms with Crippen LogP contribution in [0.4, 0.5) is 5.69 Å². The van der Waals surface area contributed by atoms with Crippen molar-refractivity contribution in [3.63, 3.8) is 0 Å². The monoisotopic (exact) mass is 441 g/mol. The van der Waals surface area contributed by atoms with Gasteiger partial charge in [-0.1, -0.05) is 0 Å². The third kappa shape index (κ3) is 2.71. The maximum absolute atomic E-state index is 12.3. The van der Waals surface area contributed by atoms with Gasteiger partial charge in [0, 0.05) is 19.1 Å². The van der Waals surface area contributed by atoms with E-state index in [1.165, 1.54) is 0 Å². The predicted octanol–water partition coefficient (Wildman–Crippen LogP) is 4.18. The van der Waals surface area contributed by atoms with E-state index in [1.54, 1.807) is 6.20 Å². The van der Waals surface area contributed by atoms with Crippen LogP contribution in [0.2, 0.25) is 0 Å². The third-order valence-corrected chi connectivity index (χ3v) is 4.24. The van der Waals surface area contributed by atoms with Crippen LogP contribution >= 0.6 is 38.5 Å². The highest BCUT2D eigenvalue weighted by molar-refractivity contribution is 14.1. The molecule has 0 atom stereocenters. The molecule has 2 aromatic carbocycles. The number of aromatic nitrogens is 2. The molecule has 0 radical (unpaired) electrons. The Hall–Kier alpha value is -1.41. The average Bonchev–Trinajstić information content (AvgIpc) is 2.89. The highest BCUT2D eigenvalue weighted by atomic mass is 127. The maximum atomic E-state index is 12.3. The number of carbonyl (C=O) groups excluding carboxylic acids is 1. The number of H-pyrrole nitrogens is 1. The van der Waals surface area contributed by atoms with Gasteiger partial charge in [0.15, 0.2) is 0 Å². The van der Waals surface area contributed by atoms with E-state index < -0.39 is 0 Å². The molecular weight excluding hydrogens is 433 g/mol. The van der Waals surface area contributed by atoms with Gasteiger partial charge in [0.1, 0.15) is 0 Å². The van der Waals surface area contributed by atoms with E-state index in [2.05, 4.69) is 54.0 Å². The van der Waals surface area contributed by atoms with Crippen molar-refractivity contribution in [3.8, 4) is 0 Å². The number of nitrogens with one attached hydrogen (secondary N) is 2.